The van der Waals surface area contributed by atoms with Gasteiger partial charge in [-0.2, -0.15) is 0 Å². The van der Waals surface area contributed by atoms with Crippen molar-refractivity contribution in [3.63, 3.8) is 0 Å². The van der Waals surface area contributed by atoms with E-state index in [1.807, 2.05) is 5.38 Å². The topological polar surface area (TPSA) is 72.6 Å². The van der Waals surface area contributed by atoms with Gasteiger partial charge in [0.2, 0.25) is 0 Å². The van der Waals surface area contributed by atoms with Gasteiger partial charge in [-0.1, -0.05) is 11.8 Å². The molecule has 1 aromatic rings. The Hall–Kier alpha value is -1.84. The predicted molar refractivity (Wildman–Crippen MR) is 80.9 cm³/mol. The Kier molecular flexibility index (Phi) is 5.37. The molecule has 1 unspecified atom stereocenters. The van der Waals surface area contributed by atoms with Crippen molar-refractivity contribution < 1.29 is 14.3 Å². The van der Waals surface area contributed by atoms with Crippen molar-refractivity contribution in [3.8, 4) is 11.8 Å². The van der Waals surface area contributed by atoms with E-state index >= 15 is 0 Å². The Morgan fingerprint density at radius 1 is 1.57 bits per heavy atom. The molecule has 112 valence electrons. The van der Waals surface area contributed by atoms with E-state index in [9.17, 15) is 9.59 Å². The lowest BCUT2D eigenvalue weighted by atomic mass is 10.2. The van der Waals surface area contributed by atoms with E-state index in [0.717, 1.165) is 6.42 Å². The minimum absolute atomic E-state index is 0.151. The second-order valence-corrected chi connectivity index (χ2v) is 5.49. The van der Waals surface area contributed by atoms with Crippen LogP contribution in [0.3, 0.4) is 0 Å². The van der Waals surface area contributed by atoms with Crippen molar-refractivity contribution in [2.45, 2.75) is 25.8 Å². The number of nitrogens with zero attached hydrogens (tertiary/aromatic N) is 1. The van der Waals surface area contributed by atoms with Crippen molar-refractivity contribution in [1.29, 1.82) is 0 Å². The minimum atomic E-state index is -0.477. The average Bonchev–Trinajstić information content (AvgIpc) is 3.13. The lowest BCUT2D eigenvalue weighted by Gasteiger charge is -2.22. The Balaban J connectivity index is 2.19. The lowest BCUT2D eigenvalue weighted by Crippen LogP contribution is -2.41. The summed E-state index contributed by atoms with van der Waals surface area (Å²) in [5, 5.41) is 1.82. The highest BCUT2D eigenvalue weighted by Crippen LogP contribution is 2.25. The molecule has 2 N–H and O–H groups in total. The number of hydrogen-bond acceptors (Lipinski definition) is 5. The first-order chi connectivity index (χ1) is 10.2. The standard InChI is InChI=1S/C15H18N2O3S/c1-2-20-15(19)12-6-4-9-17(12)14(18)13-11(5-3-8-16)7-10-21-13/h7,10,12H,2,4,6,8-9,16H2,1H3. The first kappa shape index (κ1) is 15.5. The van der Waals surface area contributed by atoms with Crippen molar-refractivity contribution >= 4 is 23.2 Å². The Morgan fingerprint density at radius 2 is 2.38 bits per heavy atom. The van der Waals surface area contributed by atoms with Gasteiger partial charge < -0.3 is 15.4 Å². The van der Waals surface area contributed by atoms with Gasteiger partial charge >= 0.3 is 5.97 Å². The molecule has 1 aromatic heterocycles. The van der Waals surface area contributed by atoms with Gasteiger partial charge in [-0.15, -0.1) is 11.3 Å². The van der Waals surface area contributed by atoms with Crippen LogP contribution in [-0.4, -0.2) is 42.5 Å². The van der Waals surface area contributed by atoms with Crippen LogP contribution >= 0.6 is 11.3 Å². The molecule has 21 heavy (non-hydrogen) atoms. The number of carbonyl (C=O) groups is 2. The fourth-order valence-electron chi connectivity index (χ4n) is 2.34. The number of amides is 1. The van der Waals surface area contributed by atoms with E-state index in [0.29, 0.717) is 30.0 Å². The van der Waals surface area contributed by atoms with E-state index in [2.05, 4.69) is 11.8 Å². The van der Waals surface area contributed by atoms with Gasteiger partial charge in [-0.05, 0) is 31.2 Å². The zero-order chi connectivity index (χ0) is 15.2. The molecule has 0 radical (unpaired) electrons. The van der Waals surface area contributed by atoms with Crippen molar-refractivity contribution in [1.82, 2.24) is 4.90 Å². The molecule has 1 fully saturated rings. The summed E-state index contributed by atoms with van der Waals surface area (Å²) in [6.07, 6.45) is 1.46. The number of esters is 1. The Bertz CT molecular complexity index is 585. The second-order valence-electron chi connectivity index (χ2n) is 4.58. The molecule has 6 heteroatoms. The molecule has 0 spiro atoms. The van der Waals surface area contributed by atoms with Gasteiger partial charge in [0.1, 0.15) is 10.9 Å². The molecule has 0 bridgehead atoms. The fourth-order valence-corrected chi connectivity index (χ4v) is 3.15. The lowest BCUT2D eigenvalue weighted by molar-refractivity contribution is -0.147. The van der Waals surface area contributed by atoms with Gasteiger partial charge in [0.05, 0.1) is 13.2 Å². The summed E-state index contributed by atoms with van der Waals surface area (Å²) in [5.74, 6) is 5.18. The third-order valence-electron chi connectivity index (χ3n) is 3.26. The number of nitrogens with two attached hydrogens (primary N) is 1. The molecule has 1 atom stereocenters. The van der Waals surface area contributed by atoms with Gasteiger partial charge in [-0.3, -0.25) is 4.79 Å². The zero-order valence-corrected chi connectivity index (χ0v) is 12.7. The molecular weight excluding hydrogens is 288 g/mol. The molecule has 0 saturated carbocycles. The molecule has 1 aliphatic heterocycles. The highest BCUT2D eigenvalue weighted by molar-refractivity contribution is 7.12. The molecule has 1 saturated heterocycles. The average molecular weight is 306 g/mol. The summed E-state index contributed by atoms with van der Waals surface area (Å²) >= 11 is 1.34. The van der Waals surface area contributed by atoms with Crippen LogP contribution < -0.4 is 5.73 Å². The van der Waals surface area contributed by atoms with Crippen LogP contribution in [0.4, 0.5) is 0 Å². The molecule has 2 heterocycles. The summed E-state index contributed by atoms with van der Waals surface area (Å²) < 4.78 is 5.04. The van der Waals surface area contributed by atoms with Crippen molar-refractivity contribution in [2.75, 3.05) is 19.7 Å². The van der Waals surface area contributed by atoms with Crippen LogP contribution in [0.25, 0.3) is 0 Å². The molecule has 2 rings (SSSR count). The van der Waals surface area contributed by atoms with Crippen LogP contribution in [0.5, 0.6) is 0 Å². The van der Waals surface area contributed by atoms with Crippen LogP contribution in [0.1, 0.15) is 35.0 Å². The smallest absolute Gasteiger partial charge is 0.328 e. The monoisotopic (exact) mass is 306 g/mol. The summed E-state index contributed by atoms with van der Waals surface area (Å²) in [5.41, 5.74) is 6.03. The first-order valence-electron chi connectivity index (χ1n) is 6.93. The van der Waals surface area contributed by atoms with Crippen LogP contribution in [-0.2, 0) is 9.53 Å². The van der Waals surface area contributed by atoms with Gasteiger partial charge in [0, 0.05) is 12.1 Å². The van der Waals surface area contributed by atoms with E-state index in [1.54, 1.807) is 17.9 Å². The number of likely N-dealkylation sites (tertiary alicyclic amines) is 1. The Labute approximate surface area is 128 Å². The summed E-state index contributed by atoms with van der Waals surface area (Å²) in [6.45, 7) is 2.91. The SMILES string of the molecule is CCOC(=O)C1CCCN1C(=O)c1sccc1C#CCN. The third kappa shape index (κ3) is 3.43. The highest BCUT2D eigenvalue weighted by atomic mass is 32.1. The normalized spacial score (nSPS) is 17.2. The largest absolute Gasteiger partial charge is 0.464 e. The molecular formula is C15H18N2O3S. The number of thiophene rings is 1. The molecule has 1 amide bonds. The number of rotatable bonds is 3. The summed E-state index contributed by atoms with van der Waals surface area (Å²) in [4.78, 5) is 26.7. The molecule has 5 nitrogen and oxygen atoms in total. The van der Waals surface area contributed by atoms with E-state index in [-0.39, 0.29) is 18.4 Å². The minimum Gasteiger partial charge on any atom is -0.464 e. The number of ether oxygens (including phenoxy) is 1. The summed E-state index contributed by atoms with van der Waals surface area (Å²) in [7, 11) is 0. The van der Waals surface area contributed by atoms with Crippen LogP contribution in [0.2, 0.25) is 0 Å². The number of hydrogen-bond donors (Lipinski definition) is 1. The van der Waals surface area contributed by atoms with Gasteiger partial charge in [0.15, 0.2) is 0 Å². The van der Waals surface area contributed by atoms with Crippen molar-refractivity contribution in [3.05, 3.63) is 21.9 Å². The molecule has 1 aliphatic rings. The number of carbonyl (C=O) groups excluding carboxylic acids is 2. The van der Waals surface area contributed by atoms with Crippen LogP contribution in [0.15, 0.2) is 11.4 Å². The van der Waals surface area contributed by atoms with Crippen molar-refractivity contribution in [2.24, 2.45) is 5.73 Å². The molecule has 0 aliphatic carbocycles. The Morgan fingerprint density at radius 3 is 3.10 bits per heavy atom. The summed E-state index contributed by atoms with van der Waals surface area (Å²) in [6, 6.07) is 1.32. The van der Waals surface area contributed by atoms with Crippen LogP contribution in [0, 0.1) is 11.8 Å². The van der Waals surface area contributed by atoms with E-state index in [1.165, 1.54) is 11.3 Å². The van der Waals surface area contributed by atoms with E-state index in [4.69, 9.17) is 10.5 Å². The first-order valence-corrected chi connectivity index (χ1v) is 7.81. The van der Waals surface area contributed by atoms with Gasteiger partial charge in [-0.25, -0.2) is 4.79 Å². The maximum Gasteiger partial charge on any atom is 0.328 e. The maximum atomic E-state index is 12.6. The predicted octanol–water partition coefficient (Wildman–Crippen LogP) is 1.23. The fraction of sp³-hybridized carbons (Fsp3) is 0.467. The second kappa shape index (κ2) is 7.25. The maximum absolute atomic E-state index is 12.6. The van der Waals surface area contributed by atoms with Gasteiger partial charge in [0.25, 0.3) is 5.91 Å². The highest BCUT2D eigenvalue weighted by Gasteiger charge is 2.36. The quantitative estimate of drug-likeness (QED) is 0.673. The molecule has 0 aromatic carbocycles. The van der Waals surface area contributed by atoms with E-state index < -0.39 is 6.04 Å². The third-order valence-corrected chi connectivity index (χ3v) is 4.16. The zero-order valence-electron chi connectivity index (χ0n) is 11.9.